The van der Waals surface area contributed by atoms with Crippen LogP contribution >= 0.6 is 0 Å². The maximum atomic E-state index is 13.2. The molecule has 2 N–H and O–H groups in total. The Kier molecular flexibility index (Phi) is 6.14. The molecule has 5 nitrogen and oxygen atoms in total. The molecule has 1 atom stereocenters. The van der Waals surface area contributed by atoms with Crippen molar-refractivity contribution in [3.8, 4) is 5.75 Å². The van der Waals surface area contributed by atoms with E-state index >= 15 is 0 Å². The van der Waals surface area contributed by atoms with Crippen LogP contribution in [0.5, 0.6) is 5.75 Å². The number of rotatable bonds is 5. The number of amides is 1. The molecule has 0 unspecified atom stereocenters. The molecule has 2 aromatic rings. The number of carbonyl (C=O) groups is 1. The van der Waals surface area contributed by atoms with Crippen LogP contribution in [0.4, 0.5) is 0 Å². The van der Waals surface area contributed by atoms with Crippen molar-refractivity contribution in [2.75, 3.05) is 6.54 Å². The van der Waals surface area contributed by atoms with Gasteiger partial charge in [0.25, 0.3) is 5.91 Å². The van der Waals surface area contributed by atoms with E-state index in [0.717, 1.165) is 36.8 Å². The van der Waals surface area contributed by atoms with Gasteiger partial charge in [0.1, 0.15) is 17.1 Å². The van der Waals surface area contributed by atoms with Crippen molar-refractivity contribution in [2.45, 2.75) is 90.3 Å². The number of phenolic OH excluding ortho intramolecular Hbond substituents is 1. The lowest BCUT2D eigenvalue weighted by Gasteiger charge is -2.35. The van der Waals surface area contributed by atoms with Crippen LogP contribution in [0, 0.1) is 6.92 Å². The molecule has 2 aliphatic rings. The van der Waals surface area contributed by atoms with Crippen LogP contribution in [0.1, 0.15) is 86.4 Å². The Balaban J connectivity index is 1.68. The molecule has 1 aromatic heterocycles. The lowest BCUT2D eigenvalue weighted by Crippen LogP contribution is -2.38. The van der Waals surface area contributed by atoms with E-state index in [2.05, 4.69) is 17.1 Å². The number of hydrogen-bond donors (Lipinski definition) is 2. The molecular formula is C24H34N2O3. The van der Waals surface area contributed by atoms with Gasteiger partial charge in [-0.05, 0) is 57.7 Å². The minimum absolute atomic E-state index is 0.0642. The van der Waals surface area contributed by atoms with Crippen molar-refractivity contribution in [3.63, 3.8) is 0 Å². The molecule has 0 spiro atoms. The second kappa shape index (κ2) is 8.78. The number of piperidine rings is 1. The first kappa shape index (κ1) is 20.3. The summed E-state index contributed by atoms with van der Waals surface area (Å²) in [5.41, 5.74) is 2.11. The zero-order chi connectivity index (χ0) is 20.4. The average Bonchev–Trinajstić information content (AvgIpc) is 3.07. The van der Waals surface area contributed by atoms with Gasteiger partial charge in [-0.15, -0.1) is 0 Å². The zero-order valence-corrected chi connectivity index (χ0v) is 17.8. The molecule has 5 heteroatoms. The van der Waals surface area contributed by atoms with Gasteiger partial charge in [-0.25, -0.2) is 0 Å². The first-order valence-corrected chi connectivity index (χ1v) is 11.4. The minimum Gasteiger partial charge on any atom is -0.508 e. The SMILES string of the molecule is CC[C@H]1CCCCN1Cc1c(O)ccc2oc(C)c(C(=O)NC3CCCCC3)c12. The van der Waals surface area contributed by atoms with Gasteiger partial charge in [0.2, 0.25) is 0 Å². The molecule has 1 aromatic carbocycles. The summed E-state index contributed by atoms with van der Waals surface area (Å²) in [7, 11) is 0. The fourth-order valence-corrected chi connectivity index (χ4v) is 5.24. The highest BCUT2D eigenvalue weighted by Gasteiger charge is 2.28. The number of aromatic hydroxyl groups is 1. The summed E-state index contributed by atoms with van der Waals surface area (Å²) in [4.78, 5) is 15.7. The lowest BCUT2D eigenvalue weighted by atomic mass is 9.94. The predicted molar refractivity (Wildman–Crippen MR) is 115 cm³/mol. The number of aryl methyl sites for hydroxylation is 1. The Morgan fingerprint density at radius 2 is 1.93 bits per heavy atom. The van der Waals surface area contributed by atoms with Crippen LogP contribution in [0.15, 0.2) is 16.5 Å². The molecule has 29 heavy (non-hydrogen) atoms. The van der Waals surface area contributed by atoms with E-state index in [4.69, 9.17) is 4.42 Å². The number of furan rings is 1. The maximum absolute atomic E-state index is 13.2. The Bertz CT molecular complexity index is 867. The monoisotopic (exact) mass is 398 g/mol. The number of phenols is 1. The van der Waals surface area contributed by atoms with Crippen LogP contribution in [-0.4, -0.2) is 34.5 Å². The van der Waals surface area contributed by atoms with Crippen molar-refractivity contribution in [3.05, 3.63) is 29.0 Å². The van der Waals surface area contributed by atoms with Crippen molar-refractivity contribution < 1.29 is 14.3 Å². The van der Waals surface area contributed by atoms with E-state index in [1.165, 1.54) is 38.5 Å². The van der Waals surface area contributed by atoms with Crippen molar-refractivity contribution in [1.29, 1.82) is 0 Å². The standard InChI is InChI=1S/C24H34N2O3/c1-3-18-11-7-8-14-26(18)15-19-20(27)12-13-21-23(19)22(16(2)29-21)24(28)25-17-9-5-4-6-10-17/h12-13,17-18,27H,3-11,14-15H2,1-2H3,(H,25,28)/t18-/m0/s1. The normalized spacial score (nSPS) is 21.5. The van der Waals surface area contributed by atoms with Gasteiger partial charge in [0.15, 0.2) is 0 Å². The molecule has 1 saturated heterocycles. The van der Waals surface area contributed by atoms with Crippen LogP contribution in [0.2, 0.25) is 0 Å². The van der Waals surface area contributed by atoms with Gasteiger partial charge >= 0.3 is 0 Å². The van der Waals surface area contributed by atoms with Gasteiger partial charge in [-0.1, -0.05) is 32.6 Å². The number of nitrogens with zero attached hydrogens (tertiary/aromatic N) is 1. The highest BCUT2D eigenvalue weighted by Crippen LogP contribution is 2.36. The topological polar surface area (TPSA) is 65.7 Å². The molecule has 1 aliphatic heterocycles. The van der Waals surface area contributed by atoms with Gasteiger partial charge < -0.3 is 14.8 Å². The first-order valence-electron chi connectivity index (χ1n) is 11.4. The minimum atomic E-state index is -0.0642. The molecule has 1 amide bonds. The number of benzene rings is 1. The highest BCUT2D eigenvalue weighted by molar-refractivity contribution is 6.09. The summed E-state index contributed by atoms with van der Waals surface area (Å²) in [5.74, 6) is 0.821. The summed E-state index contributed by atoms with van der Waals surface area (Å²) >= 11 is 0. The van der Waals surface area contributed by atoms with Gasteiger partial charge in [0.05, 0.1) is 5.56 Å². The summed E-state index contributed by atoms with van der Waals surface area (Å²) in [6.45, 7) is 5.78. The Labute approximate surface area is 173 Å². The third-order valence-corrected chi connectivity index (χ3v) is 6.86. The zero-order valence-electron chi connectivity index (χ0n) is 17.8. The van der Waals surface area contributed by atoms with E-state index in [1.54, 1.807) is 12.1 Å². The van der Waals surface area contributed by atoms with Crippen molar-refractivity contribution in [1.82, 2.24) is 10.2 Å². The highest BCUT2D eigenvalue weighted by atomic mass is 16.3. The molecule has 0 radical (unpaired) electrons. The number of hydrogen-bond acceptors (Lipinski definition) is 4. The largest absolute Gasteiger partial charge is 0.508 e. The molecule has 2 fully saturated rings. The van der Waals surface area contributed by atoms with E-state index in [-0.39, 0.29) is 17.7 Å². The Hall–Kier alpha value is -2.01. The maximum Gasteiger partial charge on any atom is 0.255 e. The number of nitrogens with one attached hydrogen (secondary N) is 1. The number of likely N-dealkylation sites (tertiary alicyclic amines) is 1. The molecule has 4 rings (SSSR count). The summed E-state index contributed by atoms with van der Waals surface area (Å²) in [5, 5.41) is 14.8. The smallest absolute Gasteiger partial charge is 0.255 e. The predicted octanol–water partition coefficient (Wildman–Crippen LogP) is 5.27. The molecule has 0 bridgehead atoms. The third-order valence-electron chi connectivity index (χ3n) is 6.86. The van der Waals surface area contributed by atoms with Gasteiger partial charge in [0, 0.05) is 29.6 Å². The van der Waals surface area contributed by atoms with E-state index in [1.807, 2.05) is 6.92 Å². The fourth-order valence-electron chi connectivity index (χ4n) is 5.24. The second-order valence-corrected chi connectivity index (χ2v) is 8.81. The summed E-state index contributed by atoms with van der Waals surface area (Å²) in [6, 6.07) is 4.26. The van der Waals surface area contributed by atoms with E-state index < -0.39 is 0 Å². The third kappa shape index (κ3) is 4.16. The van der Waals surface area contributed by atoms with Crippen LogP contribution in [0.25, 0.3) is 11.0 Å². The summed E-state index contributed by atoms with van der Waals surface area (Å²) < 4.78 is 5.96. The van der Waals surface area contributed by atoms with Crippen LogP contribution in [-0.2, 0) is 6.54 Å². The first-order chi connectivity index (χ1) is 14.1. The van der Waals surface area contributed by atoms with Crippen molar-refractivity contribution >= 4 is 16.9 Å². The van der Waals surface area contributed by atoms with E-state index in [9.17, 15) is 9.90 Å². The van der Waals surface area contributed by atoms with Crippen LogP contribution < -0.4 is 5.32 Å². The van der Waals surface area contributed by atoms with Crippen LogP contribution in [0.3, 0.4) is 0 Å². The molecule has 1 aliphatic carbocycles. The Morgan fingerprint density at radius 1 is 1.17 bits per heavy atom. The molecule has 158 valence electrons. The molecule has 2 heterocycles. The number of carbonyl (C=O) groups excluding carboxylic acids is 1. The fraction of sp³-hybridized carbons (Fsp3) is 0.625. The van der Waals surface area contributed by atoms with Gasteiger partial charge in [-0.2, -0.15) is 0 Å². The molecule has 1 saturated carbocycles. The summed E-state index contributed by atoms with van der Waals surface area (Å²) in [6.07, 6.45) is 10.5. The Morgan fingerprint density at radius 3 is 2.69 bits per heavy atom. The second-order valence-electron chi connectivity index (χ2n) is 8.81. The average molecular weight is 399 g/mol. The van der Waals surface area contributed by atoms with Gasteiger partial charge in [-0.3, -0.25) is 9.69 Å². The lowest BCUT2D eigenvalue weighted by molar-refractivity contribution is 0.0927. The molecular weight excluding hydrogens is 364 g/mol. The van der Waals surface area contributed by atoms with E-state index in [0.29, 0.717) is 29.5 Å². The quantitative estimate of drug-likeness (QED) is 0.720. The number of fused-ring (bicyclic) bond motifs is 1. The van der Waals surface area contributed by atoms with Crippen molar-refractivity contribution in [2.24, 2.45) is 0 Å².